The van der Waals surface area contributed by atoms with Crippen molar-refractivity contribution in [2.75, 3.05) is 26.8 Å². The predicted molar refractivity (Wildman–Crippen MR) is 70.9 cm³/mol. The van der Waals surface area contributed by atoms with Gasteiger partial charge < -0.3 is 14.8 Å². The van der Waals surface area contributed by atoms with Gasteiger partial charge in [0.05, 0.1) is 0 Å². The Bertz CT molecular complexity index is 303. The van der Waals surface area contributed by atoms with Gasteiger partial charge in [-0.15, -0.1) is 0 Å². The summed E-state index contributed by atoms with van der Waals surface area (Å²) in [5, 5.41) is 4.05. The van der Waals surface area contributed by atoms with Gasteiger partial charge in [-0.25, -0.2) is 0 Å². The minimum Gasteiger partial charge on any atom is -0.489 e. The van der Waals surface area contributed by atoms with Crippen LogP contribution in [0.4, 0.5) is 0 Å². The first kappa shape index (κ1) is 14.3. The van der Waals surface area contributed by atoms with Gasteiger partial charge in [-0.2, -0.15) is 0 Å². The molecule has 1 N–H and O–H groups in total. The zero-order valence-corrected chi connectivity index (χ0v) is 11.2. The van der Waals surface area contributed by atoms with Gasteiger partial charge in [0.15, 0.2) is 0 Å². The van der Waals surface area contributed by atoms with Crippen molar-refractivity contribution in [3.63, 3.8) is 0 Å². The number of methoxy groups -OCH3 is 1. The number of hydrogen-bond acceptors (Lipinski definition) is 3. The van der Waals surface area contributed by atoms with Crippen molar-refractivity contribution < 1.29 is 9.47 Å². The molecule has 1 atom stereocenters. The second-order valence-corrected chi connectivity index (χ2v) is 4.37. The first-order valence-electron chi connectivity index (χ1n) is 5.84. The van der Waals surface area contributed by atoms with Gasteiger partial charge in [-0.05, 0) is 44.2 Å². The van der Waals surface area contributed by atoms with Crippen LogP contribution in [0.3, 0.4) is 0 Å². The van der Waals surface area contributed by atoms with Gasteiger partial charge in [0.2, 0.25) is 0 Å². The average molecular weight is 258 g/mol. The van der Waals surface area contributed by atoms with Crippen LogP contribution in [0.5, 0.6) is 5.75 Å². The minimum atomic E-state index is 0.138. The minimum absolute atomic E-state index is 0.138. The van der Waals surface area contributed by atoms with Gasteiger partial charge in [0, 0.05) is 25.3 Å². The first-order valence-corrected chi connectivity index (χ1v) is 6.22. The van der Waals surface area contributed by atoms with Gasteiger partial charge in [-0.1, -0.05) is 11.6 Å². The van der Waals surface area contributed by atoms with E-state index >= 15 is 0 Å². The summed E-state index contributed by atoms with van der Waals surface area (Å²) < 4.78 is 10.7. The Kier molecular flexibility index (Phi) is 7.01. The van der Waals surface area contributed by atoms with E-state index in [1.165, 1.54) is 0 Å². The maximum absolute atomic E-state index is 5.80. The van der Waals surface area contributed by atoms with E-state index < -0.39 is 0 Å². The van der Waals surface area contributed by atoms with Crippen LogP contribution in [0.1, 0.15) is 13.3 Å². The molecule has 96 valence electrons. The standard InChI is InChI=1S/C13H20ClNO2/c1-11(10-15-8-3-9-16-2)17-13-6-4-12(14)5-7-13/h4-7,11,15H,3,8-10H2,1-2H3. The van der Waals surface area contributed by atoms with Crippen molar-refractivity contribution >= 4 is 11.6 Å². The van der Waals surface area contributed by atoms with Gasteiger partial charge in [-0.3, -0.25) is 0 Å². The SMILES string of the molecule is COCCCNCC(C)Oc1ccc(Cl)cc1. The molecule has 0 aliphatic rings. The van der Waals surface area contributed by atoms with Crippen molar-refractivity contribution in [2.45, 2.75) is 19.4 Å². The molecule has 4 heteroatoms. The van der Waals surface area contributed by atoms with E-state index in [-0.39, 0.29) is 6.10 Å². The number of benzene rings is 1. The number of rotatable bonds is 8. The summed E-state index contributed by atoms with van der Waals surface area (Å²) in [7, 11) is 1.71. The monoisotopic (exact) mass is 257 g/mol. The van der Waals surface area contributed by atoms with E-state index in [9.17, 15) is 0 Å². The molecule has 1 aromatic carbocycles. The van der Waals surface area contributed by atoms with Crippen LogP contribution < -0.4 is 10.1 Å². The molecule has 0 fully saturated rings. The molecule has 0 bridgehead atoms. The fourth-order valence-electron chi connectivity index (χ4n) is 1.43. The summed E-state index contributed by atoms with van der Waals surface area (Å²) in [5.74, 6) is 0.848. The van der Waals surface area contributed by atoms with E-state index in [1.54, 1.807) is 7.11 Å². The van der Waals surface area contributed by atoms with E-state index in [0.29, 0.717) is 0 Å². The molecule has 0 aliphatic carbocycles. The van der Waals surface area contributed by atoms with Crippen molar-refractivity contribution in [2.24, 2.45) is 0 Å². The molecule has 0 amide bonds. The number of hydrogen-bond donors (Lipinski definition) is 1. The first-order chi connectivity index (χ1) is 8.22. The van der Waals surface area contributed by atoms with E-state index in [4.69, 9.17) is 21.1 Å². The maximum Gasteiger partial charge on any atom is 0.119 e. The Hall–Kier alpha value is -0.770. The summed E-state index contributed by atoms with van der Waals surface area (Å²) in [6, 6.07) is 7.42. The van der Waals surface area contributed by atoms with E-state index in [0.717, 1.165) is 36.9 Å². The van der Waals surface area contributed by atoms with Gasteiger partial charge >= 0.3 is 0 Å². The zero-order chi connectivity index (χ0) is 12.5. The highest BCUT2D eigenvalue weighted by atomic mass is 35.5. The van der Waals surface area contributed by atoms with Crippen molar-refractivity contribution in [3.8, 4) is 5.75 Å². The number of ether oxygens (including phenoxy) is 2. The van der Waals surface area contributed by atoms with Gasteiger partial charge in [0.1, 0.15) is 11.9 Å². The van der Waals surface area contributed by atoms with Crippen LogP contribution in [-0.2, 0) is 4.74 Å². The molecule has 0 saturated carbocycles. The normalized spacial score (nSPS) is 12.4. The quantitative estimate of drug-likeness (QED) is 0.727. The van der Waals surface area contributed by atoms with Crippen molar-refractivity contribution in [1.29, 1.82) is 0 Å². The highest BCUT2D eigenvalue weighted by Crippen LogP contribution is 2.16. The second-order valence-electron chi connectivity index (χ2n) is 3.93. The molecule has 3 nitrogen and oxygen atoms in total. The Balaban J connectivity index is 2.16. The molecule has 1 aromatic rings. The zero-order valence-electron chi connectivity index (χ0n) is 10.4. The lowest BCUT2D eigenvalue weighted by Crippen LogP contribution is -2.30. The van der Waals surface area contributed by atoms with Crippen LogP contribution in [-0.4, -0.2) is 32.9 Å². The highest BCUT2D eigenvalue weighted by molar-refractivity contribution is 6.30. The molecule has 0 spiro atoms. The molecule has 0 radical (unpaired) electrons. The summed E-state index contributed by atoms with van der Waals surface area (Å²) in [5.41, 5.74) is 0. The van der Waals surface area contributed by atoms with Gasteiger partial charge in [0.25, 0.3) is 0 Å². The third-order valence-corrected chi connectivity index (χ3v) is 2.54. The van der Waals surface area contributed by atoms with Crippen LogP contribution in [0.2, 0.25) is 5.02 Å². The summed E-state index contributed by atoms with van der Waals surface area (Å²) in [6.07, 6.45) is 1.16. The Morgan fingerprint density at radius 3 is 2.65 bits per heavy atom. The molecule has 0 heterocycles. The maximum atomic E-state index is 5.80. The number of nitrogens with one attached hydrogen (secondary N) is 1. The molecule has 1 rings (SSSR count). The van der Waals surface area contributed by atoms with Crippen LogP contribution >= 0.6 is 11.6 Å². The third kappa shape index (κ3) is 6.51. The molecule has 0 aromatic heterocycles. The van der Waals surface area contributed by atoms with Crippen molar-refractivity contribution in [1.82, 2.24) is 5.32 Å². The lowest BCUT2D eigenvalue weighted by molar-refractivity contribution is 0.188. The van der Waals surface area contributed by atoms with Crippen LogP contribution in [0.25, 0.3) is 0 Å². The largest absolute Gasteiger partial charge is 0.489 e. The van der Waals surface area contributed by atoms with Crippen LogP contribution in [0, 0.1) is 0 Å². The Morgan fingerprint density at radius 2 is 2.00 bits per heavy atom. The molecule has 0 saturated heterocycles. The average Bonchev–Trinajstić information content (AvgIpc) is 2.32. The Morgan fingerprint density at radius 1 is 1.29 bits per heavy atom. The van der Waals surface area contributed by atoms with Crippen LogP contribution in [0.15, 0.2) is 24.3 Å². The van der Waals surface area contributed by atoms with E-state index in [1.807, 2.05) is 31.2 Å². The summed E-state index contributed by atoms with van der Waals surface area (Å²) in [6.45, 7) is 4.60. The fraction of sp³-hybridized carbons (Fsp3) is 0.538. The Labute approximate surface area is 108 Å². The molecular weight excluding hydrogens is 238 g/mol. The predicted octanol–water partition coefficient (Wildman–Crippen LogP) is 2.73. The third-order valence-electron chi connectivity index (χ3n) is 2.28. The second kappa shape index (κ2) is 8.34. The molecular formula is C13H20ClNO2. The molecule has 17 heavy (non-hydrogen) atoms. The van der Waals surface area contributed by atoms with Crippen molar-refractivity contribution in [3.05, 3.63) is 29.3 Å². The fourth-order valence-corrected chi connectivity index (χ4v) is 1.56. The van der Waals surface area contributed by atoms with E-state index in [2.05, 4.69) is 5.32 Å². The lowest BCUT2D eigenvalue weighted by Gasteiger charge is -2.15. The highest BCUT2D eigenvalue weighted by Gasteiger charge is 2.03. The number of halogens is 1. The summed E-state index contributed by atoms with van der Waals surface area (Å²) >= 11 is 5.80. The topological polar surface area (TPSA) is 30.5 Å². The smallest absolute Gasteiger partial charge is 0.119 e. The molecule has 1 unspecified atom stereocenters. The lowest BCUT2D eigenvalue weighted by atomic mass is 10.3. The molecule has 0 aliphatic heterocycles. The summed E-state index contributed by atoms with van der Waals surface area (Å²) in [4.78, 5) is 0.